The first-order valence-corrected chi connectivity index (χ1v) is 7.96. The highest BCUT2D eigenvalue weighted by Crippen LogP contribution is 2.32. The highest BCUT2D eigenvalue weighted by atomic mass is 35.5. The molecular formula is C15H21ClN4O. The Labute approximate surface area is 129 Å². The first kappa shape index (κ1) is 14.6. The summed E-state index contributed by atoms with van der Waals surface area (Å²) in [6, 6.07) is 0.917. The van der Waals surface area contributed by atoms with Crippen molar-refractivity contribution in [1.82, 2.24) is 15.1 Å². The molecule has 0 spiro atoms. The summed E-state index contributed by atoms with van der Waals surface area (Å²) in [5.41, 5.74) is 0.539. The average molecular weight is 309 g/mol. The molecule has 2 aliphatic rings. The van der Waals surface area contributed by atoms with E-state index in [4.69, 9.17) is 11.6 Å². The summed E-state index contributed by atoms with van der Waals surface area (Å²) < 4.78 is 1.34. The fraction of sp³-hybridized carbons (Fsp3) is 0.600. The van der Waals surface area contributed by atoms with Crippen LogP contribution in [0, 0.1) is 0 Å². The van der Waals surface area contributed by atoms with Crippen molar-refractivity contribution in [1.29, 1.82) is 0 Å². The summed E-state index contributed by atoms with van der Waals surface area (Å²) in [4.78, 5) is 14.5. The summed E-state index contributed by atoms with van der Waals surface area (Å²) in [7, 11) is 0. The molecule has 1 aromatic heterocycles. The number of rotatable bonds is 4. The van der Waals surface area contributed by atoms with E-state index in [0.717, 1.165) is 31.6 Å². The zero-order valence-corrected chi connectivity index (χ0v) is 12.9. The quantitative estimate of drug-likeness (QED) is 0.862. The highest BCUT2D eigenvalue weighted by molar-refractivity contribution is 6.33. The Balaban J connectivity index is 1.90. The lowest BCUT2D eigenvalue weighted by molar-refractivity contribution is 0.481. The van der Waals surface area contributed by atoms with Crippen LogP contribution in [-0.2, 0) is 6.54 Å². The average Bonchev–Trinajstić information content (AvgIpc) is 3.14. The lowest BCUT2D eigenvalue weighted by atomic mass is 10.0. The first-order chi connectivity index (χ1) is 10.2. The van der Waals surface area contributed by atoms with Gasteiger partial charge < -0.3 is 10.2 Å². The summed E-state index contributed by atoms with van der Waals surface area (Å²) in [5, 5.41) is 8.06. The lowest BCUT2D eigenvalue weighted by Crippen LogP contribution is -2.44. The van der Waals surface area contributed by atoms with Crippen LogP contribution in [0.4, 0.5) is 5.69 Å². The Kier molecular flexibility index (Phi) is 4.31. The molecule has 2 saturated heterocycles. The van der Waals surface area contributed by atoms with Gasteiger partial charge in [0.2, 0.25) is 0 Å². The van der Waals surface area contributed by atoms with Gasteiger partial charge >= 0.3 is 0 Å². The third-order valence-electron chi connectivity index (χ3n) is 4.44. The molecule has 114 valence electrons. The maximum Gasteiger partial charge on any atom is 0.287 e. The fourth-order valence-electron chi connectivity index (χ4n) is 3.46. The third kappa shape index (κ3) is 2.72. The summed E-state index contributed by atoms with van der Waals surface area (Å²) in [5.74, 6) is 0. The highest BCUT2D eigenvalue weighted by Gasteiger charge is 2.34. The van der Waals surface area contributed by atoms with Crippen molar-refractivity contribution in [3.63, 3.8) is 0 Å². The largest absolute Gasteiger partial charge is 0.364 e. The van der Waals surface area contributed by atoms with Crippen molar-refractivity contribution in [3.8, 4) is 0 Å². The van der Waals surface area contributed by atoms with Crippen LogP contribution in [0.25, 0.3) is 0 Å². The van der Waals surface area contributed by atoms with Crippen LogP contribution < -0.4 is 15.8 Å². The standard InChI is InChI=1S/C15H21ClN4O/c1-2-8-20-15(21)14(16)13(10-18-20)19-9-4-6-12(19)11-5-3-7-17-11/h2,10-12,17H,1,3-9H2. The van der Waals surface area contributed by atoms with Crippen molar-refractivity contribution in [3.05, 3.63) is 34.2 Å². The number of aromatic nitrogens is 2. The zero-order chi connectivity index (χ0) is 14.8. The van der Waals surface area contributed by atoms with Crippen LogP contribution in [-0.4, -0.2) is 35.0 Å². The number of allylic oxidation sites excluding steroid dienone is 1. The molecule has 0 saturated carbocycles. The Morgan fingerprint density at radius 3 is 3.05 bits per heavy atom. The van der Waals surface area contributed by atoms with Gasteiger partial charge in [-0.05, 0) is 32.2 Å². The fourth-order valence-corrected chi connectivity index (χ4v) is 3.71. The van der Waals surface area contributed by atoms with Crippen LogP contribution in [0.2, 0.25) is 5.02 Å². The van der Waals surface area contributed by atoms with Gasteiger partial charge in [0, 0.05) is 18.6 Å². The zero-order valence-electron chi connectivity index (χ0n) is 12.1. The normalized spacial score (nSPS) is 25.5. The number of hydrogen-bond acceptors (Lipinski definition) is 4. The van der Waals surface area contributed by atoms with Gasteiger partial charge in [-0.3, -0.25) is 4.79 Å². The Morgan fingerprint density at radius 2 is 2.33 bits per heavy atom. The molecule has 1 aromatic rings. The molecule has 0 amide bonds. The van der Waals surface area contributed by atoms with E-state index < -0.39 is 0 Å². The molecule has 2 unspecified atom stereocenters. The Hall–Kier alpha value is -1.33. The minimum atomic E-state index is -0.237. The summed E-state index contributed by atoms with van der Waals surface area (Å²) >= 11 is 6.32. The molecule has 2 aliphatic heterocycles. The predicted molar refractivity (Wildman–Crippen MR) is 85.1 cm³/mol. The van der Waals surface area contributed by atoms with Gasteiger partial charge in [-0.15, -0.1) is 6.58 Å². The number of nitrogens with one attached hydrogen (secondary N) is 1. The van der Waals surface area contributed by atoms with E-state index in [0.29, 0.717) is 18.6 Å². The summed E-state index contributed by atoms with van der Waals surface area (Å²) in [6.45, 7) is 6.04. The van der Waals surface area contributed by atoms with Crippen LogP contribution in [0.1, 0.15) is 25.7 Å². The van der Waals surface area contributed by atoms with Crippen LogP contribution >= 0.6 is 11.6 Å². The topological polar surface area (TPSA) is 50.2 Å². The molecule has 6 heteroatoms. The van der Waals surface area contributed by atoms with Crippen molar-refractivity contribution in [2.75, 3.05) is 18.0 Å². The maximum atomic E-state index is 12.2. The number of halogens is 1. The molecule has 21 heavy (non-hydrogen) atoms. The number of anilines is 1. The minimum Gasteiger partial charge on any atom is -0.364 e. The van der Waals surface area contributed by atoms with Gasteiger partial charge in [0.15, 0.2) is 0 Å². The van der Waals surface area contributed by atoms with E-state index in [2.05, 4.69) is 21.9 Å². The van der Waals surface area contributed by atoms with E-state index in [-0.39, 0.29) is 10.6 Å². The van der Waals surface area contributed by atoms with E-state index in [1.165, 1.54) is 17.5 Å². The molecule has 3 rings (SSSR count). The van der Waals surface area contributed by atoms with Crippen molar-refractivity contribution >= 4 is 17.3 Å². The number of hydrogen-bond donors (Lipinski definition) is 1. The maximum absolute atomic E-state index is 12.2. The molecule has 0 aromatic carbocycles. The third-order valence-corrected chi connectivity index (χ3v) is 4.80. The predicted octanol–water partition coefficient (Wildman–Crippen LogP) is 1.80. The first-order valence-electron chi connectivity index (χ1n) is 7.59. The SMILES string of the molecule is C=CCn1ncc(N2CCCC2C2CCCN2)c(Cl)c1=O. The lowest BCUT2D eigenvalue weighted by Gasteiger charge is -2.31. The van der Waals surface area contributed by atoms with Crippen LogP contribution in [0.5, 0.6) is 0 Å². The second-order valence-electron chi connectivity index (χ2n) is 5.73. The van der Waals surface area contributed by atoms with Crippen LogP contribution in [0.3, 0.4) is 0 Å². The monoisotopic (exact) mass is 308 g/mol. The molecule has 0 aliphatic carbocycles. The molecule has 3 heterocycles. The van der Waals surface area contributed by atoms with Gasteiger partial charge in [-0.1, -0.05) is 17.7 Å². The molecule has 2 atom stereocenters. The van der Waals surface area contributed by atoms with Crippen molar-refractivity contribution in [2.45, 2.75) is 44.3 Å². The van der Waals surface area contributed by atoms with Gasteiger partial charge in [-0.25, -0.2) is 4.68 Å². The van der Waals surface area contributed by atoms with E-state index >= 15 is 0 Å². The second-order valence-corrected chi connectivity index (χ2v) is 6.10. The molecule has 2 fully saturated rings. The number of nitrogens with zero attached hydrogens (tertiary/aromatic N) is 3. The van der Waals surface area contributed by atoms with Crippen molar-refractivity contribution in [2.24, 2.45) is 0 Å². The molecule has 0 radical (unpaired) electrons. The van der Waals surface area contributed by atoms with E-state index in [1.54, 1.807) is 12.3 Å². The molecule has 0 bridgehead atoms. The van der Waals surface area contributed by atoms with Gasteiger partial charge in [0.25, 0.3) is 5.56 Å². The summed E-state index contributed by atoms with van der Waals surface area (Å²) in [6.07, 6.45) is 8.06. The smallest absolute Gasteiger partial charge is 0.287 e. The van der Waals surface area contributed by atoms with Crippen LogP contribution in [0.15, 0.2) is 23.6 Å². The van der Waals surface area contributed by atoms with Gasteiger partial charge in [0.05, 0.1) is 18.4 Å². The Morgan fingerprint density at radius 1 is 1.48 bits per heavy atom. The Bertz CT molecular complexity index is 580. The van der Waals surface area contributed by atoms with Crippen molar-refractivity contribution < 1.29 is 0 Å². The van der Waals surface area contributed by atoms with E-state index in [1.807, 2.05) is 0 Å². The van der Waals surface area contributed by atoms with Gasteiger partial charge in [0.1, 0.15) is 5.02 Å². The molecule has 5 nitrogen and oxygen atoms in total. The second kappa shape index (κ2) is 6.20. The van der Waals surface area contributed by atoms with E-state index in [9.17, 15) is 4.79 Å². The van der Waals surface area contributed by atoms with Gasteiger partial charge in [-0.2, -0.15) is 5.10 Å². The molecular weight excluding hydrogens is 288 g/mol. The molecule has 1 N–H and O–H groups in total. The minimum absolute atomic E-state index is 0.237.